The van der Waals surface area contributed by atoms with Crippen molar-refractivity contribution in [3.05, 3.63) is 69.9 Å². The smallest absolute Gasteiger partial charge is 0.255 e. The lowest BCUT2D eigenvalue weighted by Gasteiger charge is -2.17. The van der Waals surface area contributed by atoms with E-state index in [4.69, 9.17) is 0 Å². The van der Waals surface area contributed by atoms with Gasteiger partial charge in [0.05, 0.1) is 11.9 Å². The maximum atomic E-state index is 12.4. The Labute approximate surface area is 177 Å². The van der Waals surface area contributed by atoms with Gasteiger partial charge in [0.15, 0.2) is 5.82 Å². The monoisotopic (exact) mass is 485 g/mol. The summed E-state index contributed by atoms with van der Waals surface area (Å²) in [5.41, 5.74) is 3.37. The Morgan fingerprint density at radius 3 is 2.50 bits per heavy atom. The molecule has 0 saturated carbocycles. The van der Waals surface area contributed by atoms with Crippen molar-refractivity contribution < 1.29 is 4.79 Å². The maximum Gasteiger partial charge on any atom is 0.255 e. The van der Waals surface area contributed by atoms with Crippen LogP contribution in [0.3, 0.4) is 0 Å². The fourth-order valence-electron chi connectivity index (χ4n) is 3.18. The third-order valence-corrected chi connectivity index (χ3v) is 5.28. The van der Waals surface area contributed by atoms with Gasteiger partial charge in [-0.05, 0) is 77.9 Å². The van der Waals surface area contributed by atoms with E-state index in [1.165, 1.54) is 12.8 Å². The average molecular weight is 485 g/mol. The quantitative estimate of drug-likeness (QED) is 0.514. The van der Waals surface area contributed by atoms with Crippen molar-refractivity contribution in [2.75, 3.05) is 28.6 Å². The Hall–Kier alpha value is -2.68. The molecule has 1 saturated heterocycles. The van der Waals surface area contributed by atoms with Crippen molar-refractivity contribution in [2.24, 2.45) is 0 Å². The second-order valence-corrected chi connectivity index (χ2v) is 7.91. The molecule has 2 N–H and O–H groups in total. The molecule has 4 rings (SSSR count). The van der Waals surface area contributed by atoms with Gasteiger partial charge < -0.3 is 15.5 Å². The lowest BCUT2D eigenvalue weighted by atomic mass is 10.2. The van der Waals surface area contributed by atoms with Crippen LogP contribution in [0.25, 0.3) is 0 Å². The zero-order valence-electron chi connectivity index (χ0n) is 15.2. The number of hydrogen-bond donors (Lipinski definition) is 2. The molecule has 1 amide bonds. The van der Waals surface area contributed by atoms with Crippen LogP contribution >= 0.6 is 22.6 Å². The van der Waals surface area contributed by atoms with Crippen LogP contribution in [0.1, 0.15) is 23.2 Å². The fourth-order valence-corrected chi connectivity index (χ4v) is 3.73. The van der Waals surface area contributed by atoms with Crippen molar-refractivity contribution in [3.63, 3.8) is 0 Å². The first kappa shape index (κ1) is 18.7. The zero-order valence-corrected chi connectivity index (χ0v) is 17.4. The minimum absolute atomic E-state index is 0.122. The molecule has 0 aliphatic carbocycles. The number of amides is 1. The average Bonchev–Trinajstić information content (AvgIpc) is 3.25. The number of nitrogens with one attached hydrogen (secondary N) is 2. The van der Waals surface area contributed by atoms with Gasteiger partial charge in [0.2, 0.25) is 0 Å². The normalized spacial score (nSPS) is 13.4. The van der Waals surface area contributed by atoms with Gasteiger partial charge in [0.25, 0.3) is 5.91 Å². The van der Waals surface area contributed by atoms with E-state index in [9.17, 15) is 4.79 Å². The minimum Gasteiger partial charge on any atom is -0.370 e. The van der Waals surface area contributed by atoms with Gasteiger partial charge in [0, 0.05) is 39.7 Å². The number of rotatable bonds is 5. The molecule has 1 aromatic heterocycles. The first-order valence-corrected chi connectivity index (χ1v) is 10.3. The van der Waals surface area contributed by atoms with Crippen molar-refractivity contribution in [1.29, 1.82) is 0 Å². The van der Waals surface area contributed by atoms with Gasteiger partial charge in [-0.15, -0.1) is 5.10 Å². The number of halogens is 1. The SMILES string of the molecule is O=C(Nc1ccc(Nc2cc(N3CCCC3)cnn2)cc1)c1cccc(I)c1. The standard InChI is InChI=1S/C21H20IN5O/c22-16-5-3-4-15(12-16)21(28)25-18-8-6-17(7-9-18)24-20-13-19(14-23-26-20)27-10-1-2-11-27/h3-9,12-14H,1-2,10-11H2,(H,24,26)(H,25,28). The van der Waals surface area contributed by atoms with Gasteiger partial charge in [-0.3, -0.25) is 4.79 Å². The number of hydrogen-bond acceptors (Lipinski definition) is 5. The van der Waals surface area contributed by atoms with Crippen LogP contribution in [0.2, 0.25) is 0 Å². The second kappa shape index (κ2) is 8.55. The van der Waals surface area contributed by atoms with E-state index >= 15 is 0 Å². The van der Waals surface area contributed by atoms with E-state index in [1.807, 2.05) is 48.5 Å². The molecule has 142 valence electrons. The summed E-state index contributed by atoms with van der Waals surface area (Å²) in [6.45, 7) is 2.14. The van der Waals surface area contributed by atoms with Crippen LogP contribution < -0.4 is 15.5 Å². The number of anilines is 4. The van der Waals surface area contributed by atoms with Crippen molar-refractivity contribution >= 4 is 51.4 Å². The number of aromatic nitrogens is 2. The summed E-state index contributed by atoms with van der Waals surface area (Å²) in [5.74, 6) is 0.587. The molecule has 0 bridgehead atoms. The Morgan fingerprint density at radius 1 is 1.00 bits per heavy atom. The molecule has 1 fully saturated rings. The Kier molecular flexibility index (Phi) is 5.70. The predicted molar refractivity (Wildman–Crippen MR) is 120 cm³/mol. The summed E-state index contributed by atoms with van der Waals surface area (Å²) in [6, 6.07) is 17.1. The van der Waals surface area contributed by atoms with Gasteiger partial charge in [-0.1, -0.05) is 6.07 Å². The van der Waals surface area contributed by atoms with E-state index in [0.717, 1.165) is 33.7 Å². The molecule has 7 heteroatoms. The van der Waals surface area contributed by atoms with E-state index < -0.39 is 0 Å². The largest absolute Gasteiger partial charge is 0.370 e. The van der Waals surface area contributed by atoms with Crippen molar-refractivity contribution in [1.82, 2.24) is 10.2 Å². The van der Waals surface area contributed by atoms with Gasteiger partial charge in [0.1, 0.15) is 0 Å². The Bertz CT molecular complexity index is 971. The molecular formula is C21H20IN5O. The Morgan fingerprint density at radius 2 is 1.75 bits per heavy atom. The summed E-state index contributed by atoms with van der Waals surface area (Å²) in [7, 11) is 0. The molecule has 0 spiro atoms. The van der Waals surface area contributed by atoms with Crippen LogP contribution in [-0.2, 0) is 0 Å². The molecule has 1 aliphatic rings. The van der Waals surface area contributed by atoms with Crippen LogP contribution in [0, 0.1) is 3.57 Å². The van der Waals surface area contributed by atoms with Gasteiger partial charge in [-0.25, -0.2) is 0 Å². The number of carbonyl (C=O) groups excluding carboxylic acids is 1. The third kappa shape index (κ3) is 4.59. The number of carbonyl (C=O) groups is 1. The van der Waals surface area contributed by atoms with Crippen LogP contribution in [0.4, 0.5) is 22.9 Å². The summed E-state index contributed by atoms with van der Waals surface area (Å²) in [5, 5.41) is 14.5. The van der Waals surface area contributed by atoms with Crippen LogP contribution in [-0.4, -0.2) is 29.2 Å². The topological polar surface area (TPSA) is 70.2 Å². The minimum atomic E-state index is -0.122. The number of benzene rings is 2. The van der Waals surface area contributed by atoms with Crippen LogP contribution in [0.15, 0.2) is 60.8 Å². The molecule has 1 aliphatic heterocycles. The maximum absolute atomic E-state index is 12.4. The second-order valence-electron chi connectivity index (χ2n) is 6.66. The van der Waals surface area contributed by atoms with E-state index in [1.54, 1.807) is 12.3 Å². The molecule has 0 unspecified atom stereocenters. The lowest BCUT2D eigenvalue weighted by molar-refractivity contribution is 0.102. The summed E-state index contributed by atoms with van der Waals surface area (Å²) >= 11 is 2.20. The molecule has 2 aromatic carbocycles. The van der Waals surface area contributed by atoms with Crippen molar-refractivity contribution in [3.8, 4) is 0 Å². The third-order valence-electron chi connectivity index (χ3n) is 4.61. The highest BCUT2D eigenvalue weighted by Crippen LogP contribution is 2.23. The summed E-state index contributed by atoms with van der Waals surface area (Å²) < 4.78 is 1.03. The van der Waals surface area contributed by atoms with E-state index in [0.29, 0.717) is 11.4 Å². The molecule has 2 heterocycles. The molecule has 3 aromatic rings. The highest BCUT2D eigenvalue weighted by molar-refractivity contribution is 14.1. The molecule has 6 nitrogen and oxygen atoms in total. The highest BCUT2D eigenvalue weighted by atomic mass is 127. The summed E-state index contributed by atoms with van der Waals surface area (Å²) in [6.07, 6.45) is 4.25. The lowest BCUT2D eigenvalue weighted by Crippen LogP contribution is -2.18. The summed E-state index contributed by atoms with van der Waals surface area (Å²) in [4.78, 5) is 14.7. The fraction of sp³-hybridized carbons (Fsp3) is 0.190. The van der Waals surface area contributed by atoms with Gasteiger partial charge >= 0.3 is 0 Å². The van der Waals surface area contributed by atoms with Gasteiger partial charge in [-0.2, -0.15) is 5.10 Å². The molecular weight excluding hydrogens is 465 g/mol. The Balaban J connectivity index is 1.41. The first-order chi connectivity index (χ1) is 13.7. The number of nitrogens with zero attached hydrogens (tertiary/aromatic N) is 3. The predicted octanol–water partition coefficient (Wildman–Crippen LogP) is 4.68. The highest BCUT2D eigenvalue weighted by Gasteiger charge is 2.13. The van der Waals surface area contributed by atoms with E-state index in [2.05, 4.69) is 48.3 Å². The molecule has 0 radical (unpaired) electrons. The van der Waals surface area contributed by atoms with Crippen LogP contribution in [0.5, 0.6) is 0 Å². The first-order valence-electron chi connectivity index (χ1n) is 9.19. The zero-order chi connectivity index (χ0) is 19.3. The van der Waals surface area contributed by atoms with Crippen molar-refractivity contribution in [2.45, 2.75) is 12.8 Å². The molecule has 0 atom stereocenters. The molecule has 28 heavy (non-hydrogen) atoms. The van der Waals surface area contributed by atoms with E-state index in [-0.39, 0.29) is 5.91 Å².